The molecule has 5 heteroatoms. The van der Waals surface area contributed by atoms with Gasteiger partial charge in [-0.2, -0.15) is 0 Å². The maximum absolute atomic E-state index is 11.7. The summed E-state index contributed by atoms with van der Waals surface area (Å²) >= 11 is 3.46. The summed E-state index contributed by atoms with van der Waals surface area (Å²) in [7, 11) is -3.20. The summed E-state index contributed by atoms with van der Waals surface area (Å²) in [6, 6.07) is 13.3. The van der Waals surface area contributed by atoms with Crippen molar-refractivity contribution in [1.82, 2.24) is 0 Å². The van der Waals surface area contributed by atoms with Gasteiger partial charge in [0, 0.05) is 22.5 Å². The predicted molar refractivity (Wildman–Crippen MR) is 90.5 cm³/mol. The lowest BCUT2D eigenvalue weighted by Crippen LogP contribution is -2.08. The van der Waals surface area contributed by atoms with E-state index in [1.165, 1.54) is 6.26 Å². The molecular weight excluding hydrogens is 350 g/mol. The minimum Gasteiger partial charge on any atom is -0.378 e. The first-order valence-electron chi connectivity index (χ1n) is 6.60. The van der Waals surface area contributed by atoms with Crippen LogP contribution in [0.4, 0.5) is 5.69 Å². The van der Waals surface area contributed by atoms with E-state index in [1.54, 1.807) is 12.1 Å². The number of anilines is 1. The maximum Gasteiger partial charge on any atom is 0.175 e. The summed E-state index contributed by atoms with van der Waals surface area (Å²) < 4.78 is 24.3. The molecule has 0 saturated carbocycles. The van der Waals surface area contributed by atoms with E-state index in [-0.39, 0.29) is 6.04 Å². The molecule has 0 bridgehead atoms. The quantitative estimate of drug-likeness (QED) is 0.874. The average Bonchev–Trinajstić information content (AvgIpc) is 2.40. The molecule has 0 aromatic heterocycles. The Hall–Kier alpha value is -1.33. The van der Waals surface area contributed by atoms with Crippen LogP contribution in [0, 0.1) is 6.92 Å². The Kier molecular flexibility index (Phi) is 4.74. The third kappa shape index (κ3) is 4.08. The zero-order valence-corrected chi connectivity index (χ0v) is 14.6. The second-order valence-electron chi connectivity index (χ2n) is 5.17. The highest BCUT2D eigenvalue weighted by Gasteiger charge is 2.12. The molecule has 0 aliphatic heterocycles. The molecule has 0 aliphatic rings. The third-order valence-electron chi connectivity index (χ3n) is 3.36. The highest BCUT2D eigenvalue weighted by molar-refractivity contribution is 9.10. The third-order valence-corrected chi connectivity index (χ3v) is 4.96. The Bertz CT molecular complexity index is 757. The van der Waals surface area contributed by atoms with Gasteiger partial charge in [0.2, 0.25) is 0 Å². The fourth-order valence-corrected chi connectivity index (χ4v) is 3.14. The number of hydrogen-bond donors (Lipinski definition) is 1. The topological polar surface area (TPSA) is 46.2 Å². The number of benzene rings is 2. The molecule has 21 heavy (non-hydrogen) atoms. The molecule has 0 radical (unpaired) electrons. The van der Waals surface area contributed by atoms with Gasteiger partial charge in [-0.05, 0) is 49.2 Å². The van der Waals surface area contributed by atoms with Crippen molar-refractivity contribution < 1.29 is 8.42 Å². The first-order valence-corrected chi connectivity index (χ1v) is 9.28. The molecule has 0 fully saturated rings. The zero-order valence-electron chi connectivity index (χ0n) is 12.2. The lowest BCUT2D eigenvalue weighted by Gasteiger charge is -2.18. The van der Waals surface area contributed by atoms with Crippen molar-refractivity contribution in [2.75, 3.05) is 11.6 Å². The van der Waals surface area contributed by atoms with Crippen LogP contribution in [0.15, 0.2) is 51.8 Å². The highest BCUT2D eigenvalue weighted by atomic mass is 79.9. The zero-order chi connectivity index (χ0) is 15.6. The van der Waals surface area contributed by atoms with Crippen LogP contribution in [0.5, 0.6) is 0 Å². The molecule has 3 nitrogen and oxygen atoms in total. The van der Waals surface area contributed by atoms with E-state index in [2.05, 4.69) is 21.2 Å². The van der Waals surface area contributed by atoms with Crippen LogP contribution in [0.25, 0.3) is 0 Å². The highest BCUT2D eigenvalue weighted by Crippen LogP contribution is 2.26. The summed E-state index contributed by atoms with van der Waals surface area (Å²) in [5.41, 5.74) is 2.99. The molecule has 0 saturated heterocycles. The molecule has 0 aliphatic carbocycles. The number of hydrogen-bond acceptors (Lipinski definition) is 3. The first-order chi connectivity index (χ1) is 9.77. The van der Waals surface area contributed by atoms with Crippen LogP contribution in [-0.4, -0.2) is 14.7 Å². The predicted octanol–water partition coefficient (Wildman–Crippen LogP) is 4.33. The van der Waals surface area contributed by atoms with Crippen LogP contribution >= 0.6 is 15.9 Å². The van der Waals surface area contributed by atoms with Gasteiger partial charge in [0.05, 0.1) is 4.90 Å². The van der Waals surface area contributed by atoms with Gasteiger partial charge in [0.25, 0.3) is 0 Å². The molecular formula is C16H18BrNO2S. The van der Waals surface area contributed by atoms with E-state index < -0.39 is 9.84 Å². The molecule has 1 atom stereocenters. The summed E-state index contributed by atoms with van der Waals surface area (Å²) in [6.45, 7) is 4.01. The minimum atomic E-state index is -3.20. The fraction of sp³-hybridized carbons (Fsp3) is 0.250. The van der Waals surface area contributed by atoms with Gasteiger partial charge < -0.3 is 5.32 Å². The minimum absolute atomic E-state index is 0.0796. The van der Waals surface area contributed by atoms with E-state index in [0.29, 0.717) is 4.90 Å². The van der Waals surface area contributed by atoms with Crippen molar-refractivity contribution in [3.63, 3.8) is 0 Å². The average molecular weight is 368 g/mol. The van der Waals surface area contributed by atoms with Gasteiger partial charge in [0.1, 0.15) is 0 Å². The van der Waals surface area contributed by atoms with Gasteiger partial charge in [-0.25, -0.2) is 8.42 Å². The molecule has 1 unspecified atom stereocenters. The van der Waals surface area contributed by atoms with Crippen LogP contribution in [-0.2, 0) is 9.84 Å². The SMILES string of the molecule is Cc1ccc(S(C)(=O)=O)cc1NC(C)c1cccc(Br)c1. The van der Waals surface area contributed by atoms with Gasteiger partial charge in [-0.3, -0.25) is 0 Å². The Morgan fingerprint density at radius 3 is 2.48 bits per heavy atom. The van der Waals surface area contributed by atoms with Crippen molar-refractivity contribution in [2.24, 2.45) is 0 Å². The Labute approximate surface area is 134 Å². The van der Waals surface area contributed by atoms with Gasteiger partial charge >= 0.3 is 0 Å². The van der Waals surface area contributed by atoms with Crippen LogP contribution in [0.2, 0.25) is 0 Å². The van der Waals surface area contributed by atoms with Crippen molar-refractivity contribution in [2.45, 2.75) is 24.8 Å². The molecule has 2 rings (SSSR count). The van der Waals surface area contributed by atoms with Crippen molar-refractivity contribution in [3.8, 4) is 0 Å². The summed E-state index contributed by atoms with van der Waals surface area (Å²) in [5, 5.41) is 3.38. The van der Waals surface area contributed by atoms with E-state index in [0.717, 1.165) is 21.3 Å². The molecule has 2 aromatic rings. The Morgan fingerprint density at radius 2 is 1.86 bits per heavy atom. The van der Waals surface area contributed by atoms with Crippen LogP contribution in [0.1, 0.15) is 24.1 Å². The first kappa shape index (κ1) is 16.0. The summed E-state index contributed by atoms with van der Waals surface area (Å²) in [6.07, 6.45) is 1.22. The number of sulfone groups is 1. The molecule has 1 N–H and O–H groups in total. The Morgan fingerprint density at radius 1 is 1.14 bits per heavy atom. The van der Waals surface area contributed by atoms with E-state index in [1.807, 2.05) is 44.2 Å². The normalized spacial score (nSPS) is 13.0. The summed E-state index contributed by atoms with van der Waals surface area (Å²) in [4.78, 5) is 0.331. The Balaban J connectivity index is 2.31. The van der Waals surface area contributed by atoms with Gasteiger partial charge in [0.15, 0.2) is 9.84 Å². The van der Waals surface area contributed by atoms with Crippen molar-refractivity contribution >= 4 is 31.5 Å². The molecule has 112 valence electrons. The molecule has 0 spiro atoms. The second-order valence-corrected chi connectivity index (χ2v) is 8.10. The lowest BCUT2D eigenvalue weighted by atomic mass is 10.1. The molecule has 0 heterocycles. The standard InChI is InChI=1S/C16H18BrNO2S/c1-11-7-8-15(21(3,19)20)10-16(11)18-12(2)13-5-4-6-14(17)9-13/h4-10,12,18H,1-3H3. The maximum atomic E-state index is 11.7. The van der Waals surface area contributed by atoms with E-state index >= 15 is 0 Å². The van der Waals surface area contributed by atoms with Crippen molar-refractivity contribution in [3.05, 3.63) is 58.1 Å². The number of aryl methyl sites for hydroxylation is 1. The van der Waals surface area contributed by atoms with E-state index in [4.69, 9.17) is 0 Å². The number of nitrogens with one attached hydrogen (secondary N) is 1. The van der Waals surface area contributed by atoms with Crippen LogP contribution in [0.3, 0.4) is 0 Å². The van der Waals surface area contributed by atoms with Gasteiger partial charge in [-0.1, -0.05) is 34.1 Å². The lowest BCUT2D eigenvalue weighted by molar-refractivity contribution is 0.602. The van der Waals surface area contributed by atoms with Gasteiger partial charge in [-0.15, -0.1) is 0 Å². The van der Waals surface area contributed by atoms with E-state index in [9.17, 15) is 8.42 Å². The summed E-state index contributed by atoms with van der Waals surface area (Å²) in [5.74, 6) is 0. The fourth-order valence-electron chi connectivity index (χ4n) is 2.08. The molecule has 2 aromatic carbocycles. The largest absolute Gasteiger partial charge is 0.378 e. The van der Waals surface area contributed by atoms with Crippen LogP contribution < -0.4 is 5.32 Å². The number of halogens is 1. The van der Waals surface area contributed by atoms with Crippen molar-refractivity contribution in [1.29, 1.82) is 0 Å². The number of rotatable bonds is 4. The molecule has 0 amide bonds. The smallest absolute Gasteiger partial charge is 0.175 e. The monoisotopic (exact) mass is 367 g/mol. The second kappa shape index (κ2) is 6.20.